The highest BCUT2D eigenvalue weighted by molar-refractivity contribution is 5.59. The van der Waals surface area contributed by atoms with Gasteiger partial charge in [-0.25, -0.2) is 22.8 Å². The summed E-state index contributed by atoms with van der Waals surface area (Å²) >= 11 is 0. The van der Waals surface area contributed by atoms with Crippen molar-refractivity contribution in [3.8, 4) is 34.2 Å². The highest BCUT2D eigenvalue weighted by Crippen LogP contribution is 2.24. The maximum absolute atomic E-state index is 15.1. The SMILES string of the molecule is COc1cn(-c2ccc(-n3cccn3)cc2F)nc(-c2ccnn2-c2cc(C)ccc2F)c1=O. The molecule has 0 aliphatic carbocycles. The fourth-order valence-electron chi connectivity index (χ4n) is 3.61. The maximum atomic E-state index is 15.1. The second-order valence-electron chi connectivity index (χ2n) is 7.49. The van der Waals surface area contributed by atoms with Gasteiger partial charge in [0, 0.05) is 18.5 Å². The molecule has 5 rings (SSSR count). The average Bonchev–Trinajstić information content (AvgIpc) is 3.53. The Morgan fingerprint density at radius 1 is 0.912 bits per heavy atom. The first-order valence-electron chi connectivity index (χ1n) is 10.2. The highest BCUT2D eigenvalue weighted by atomic mass is 19.1. The number of halogens is 2. The molecule has 34 heavy (non-hydrogen) atoms. The Morgan fingerprint density at radius 3 is 2.50 bits per heavy atom. The van der Waals surface area contributed by atoms with Gasteiger partial charge < -0.3 is 4.74 Å². The second kappa shape index (κ2) is 8.39. The molecule has 0 aliphatic heterocycles. The van der Waals surface area contributed by atoms with Gasteiger partial charge in [-0.15, -0.1) is 0 Å². The average molecular weight is 460 g/mol. The Labute approximate surface area is 192 Å². The quantitative estimate of drug-likeness (QED) is 0.398. The summed E-state index contributed by atoms with van der Waals surface area (Å²) in [5.41, 5.74) is 1.19. The first-order chi connectivity index (χ1) is 16.5. The molecular formula is C24H18F2N6O2. The number of hydrogen-bond donors (Lipinski definition) is 0. The largest absolute Gasteiger partial charge is 0.491 e. The maximum Gasteiger partial charge on any atom is 0.251 e. The summed E-state index contributed by atoms with van der Waals surface area (Å²) in [6, 6.07) is 12.3. The van der Waals surface area contributed by atoms with Crippen LogP contribution < -0.4 is 10.2 Å². The molecule has 10 heteroatoms. The molecule has 0 N–H and O–H groups in total. The number of rotatable bonds is 5. The zero-order chi connectivity index (χ0) is 23.8. The van der Waals surface area contributed by atoms with Crippen LogP contribution >= 0.6 is 0 Å². The molecule has 5 aromatic rings. The van der Waals surface area contributed by atoms with Crippen LogP contribution in [0.4, 0.5) is 8.78 Å². The summed E-state index contributed by atoms with van der Waals surface area (Å²) < 4.78 is 38.9. The third kappa shape index (κ3) is 3.64. The van der Waals surface area contributed by atoms with Gasteiger partial charge in [0.05, 0.1) is 30.9 Å². The molecule has 0 radical (unpaired) electrons. The number of aryl methyl sites for hydroxylation is 1. The van der Waals surface area contributed by atoms with Crippen molar-refractivity contribution in [3.63, 3.8) is 0 Å². The summed E-state index contributed by atoms with van der Waals surface area (Å²) in [5.74, 6) is -1.16. The molecule has 0 fully saturated rings. The fourth-order valence-corrected chi connectivity index (χ4v) is 3.61. The normalized spacial score (nSPS) is 11.1. The van der Waals surface area contributed by atoms with Gasteiger partial charge in [0.1, 0.15) is 17.2 Å². The van der Waals surface area contributed by atoms with Gasteiger partial charge in [-0.05, 0) is 48.9 Å². The van der Waals surface area contributed by atoms with Gasteiger partial charge in [-0.3, -0.25) is 4.79 Å². The van der Waals surface area contributed by atoms with E-state index in [1.54, 1.807) is 36.7 Å². The van der Waals surface area contributed by atoms with Crippen LogP contribution in [0.3, 0.4) is 0 Å². The minimum absolute atomic E-state index is 0.0574. The van der Waals surface area contributed by atoms with Crippen LogP contribution in [-0.4, -0.2) is 36.5 Å². The molecule has 170 valence electrons. The summed E-state index contributed by atoms with van der Waals surface area (Å²) in [6.07, 6.45) is 6.01. The van der Waals surface area contributed by atoms with E-state index in [4.69, 9.17) is 4.74 Å². The Kier molecular flexibility index (Phi) is 5.25. The predicted molar refractivity (Wildman–Crippen MR) is 121 cm³/mol. The predicted octanol–water partition coefficient (Wildman–Crippen LogP) is 3.87. The van der Waals surface area contributed by atoms with E-state index in [0.29, 0.717) is 5.69 Å². The van der Waals surface area contributed by atoms with Crippen molar-refractivity contribution in [1.29, 1.82) is 0 Å². The summed E-state index contributed by atoms with van der Waals surface area (Å²) in [5, 5.41) is 12.6. The van der Waals surface area contributed by atoms with Crippen molar-refractivity contribution in [2.24, 2.45) is 0 Å². The van der Waals surface area contributed by atoms with Gasteiger partial charge in [0.25, 0.3) is 5.43 Å². The van der Waals surface area contributed by atoms with Crippen molar-refractivity contribution < 1.29 is 13.5 Å². The van der Waals surface area contributed by atoms with E-state index in [1.165, 1.54) is 57.8 Å². The Balaban J connectivity index is 1.67. The Hall–Kier alpha value is -4.60. The Bertz CT molecular complexity index is 1560. The van der Waals surface area contributed by atoms with Crippen LogP contribution in [0.15, 0.2) is 78.1 Å². The minimum Gasteiger partial charge on any atom is -0.491 e. The van der Waals surface area contributed by atoms with Gasteiger partial charge in [-0.2, -0.15) is 15.3 Å². The van der Waals surface area contributed by atoms with Crippen LogP contribution in [0.2, 0.25) is 0 Å². The van der Waals surface area contributed by atoms with E-state index in [2.05, 4.69) is 15.3 Å². The molecule has 0 saturated heterocycles. The molecule has 2 aromatic carbocycles. The molecule has 0 atom stereocenters. The minimum atomic E-state index is -0.588. The monoisotopic (exact) mass is 460 g/mol. The van der Waals surface area contributed by atoms with E-state index in [1.807, 2.05) is 6.92 Å². The zero-order valence-corrected chi connectivity index (χ0v) is 18.2. The standard InChI is InChI=1S/C24H18F2N6O2/c1-15-4-6-17(25)21(12-15)32-20(8-10-28-32)23-24(33)22(34-2)14-31(29-23)19-7-5-16(13-18(19)26)30-11-3-9-27-30/h3-14H,1-2H3. The van der Waals surface area contributed by atoms with Gasteiger partial charge in [-0.1, -0.05) is 6.07 Å². The van der Waals surface area contributed by atoms with Crippen molar-refractivity contribution in [2.45, 2.75) is 6.92 Å². The molecule has 0 spiro atoms. The molecule has 3 aromatic heterocycles. The van der Waals surface area contributed by atoms with E-state index in [-0.39, 0.29) is 28.5 Å². The van der Waals surface area contributed by atoms with Crippen molar-refractivity contribution in [2.75, 3.05) is 7.11 Å². The molecule has 0 unspecified atom stereocenters. The van der Waals surface area contributed by atoms with Crippen molar-refractivity contribution >= 4 is 0 Å². The number of hydrogen-bond acceptors (Lipinski definition) is 5. The van der Waals surface area contributed by atoms with E-state index in [0.717, 1.165) is 5.56 Å². The first-order valence-corrected chi connectivity index (χ1v) is 10.2. The summed E-state index contributed by atoms with van der Waals surface area (Å²) in [6.45, 7) is 1.82. The molecule has 0 amide bonds. The lowest BCUT2D eigenvalue weighted by molar-refractivity contribution is 0.405. The number of nitrogens with zero attached hydrogens (tertiary/aromatic N) is 6. The number of ether oxygens (including phenoxy) is 1. The third-order valence-electron chi connectivity index (χ3n) is 5.27. The highest BCUT2D eigenvalue weighted by Gasteiger charge is 2.20. The summed E-state index contributed by atoms with van der Waals surface area (Å²) in [7, 11) is 1.33. The van der Waals surface area contributed by atoms with E-state index >= 15 is 4.39 Å². The molecule has 8 nitrogen and oxygen atoms in total. The van der Waals surface area contributed by atoms with E-state index in [9.17, 15) is 9.18 Å². The van der Waals surface area contributed by atoms with E-state index < -0.39 is 17.1 Å². The Morgan fingerprint density at radius 2 is 1.76 bits per heavy atom. The van der Waals surface area contributed by atoms with Crippen LogP contribution in [-0.2, 0) is 0 Å². The number of benzene rings is 2. The first kappa shape index (κ1) is 21.3. The van der Waals surface area contributed by atoms with Crippen molar-refractivity contribution in [3.05, 3.63) is 101 Å². The van der Waals surface area contributed by atoms with Crippen LogP contribution in [0, 0.1) is 18.6 Å². The summed E-state index contributed by atoms with van der Waals surface area (Å²) in [4.78, 5) is 13.1. The molecule has 0 aliphatic rings. The van der Waals surface area contributed by atoms with Crippen LogP contribution in [0.25, 0.3) is 28.5 Å². The third-order valence-corrected chi connectivity index (χ3v) is 5.27. The lowest BCUT2D eigenvalue weighted by atomic mass is 10.2. The number of aromatic nitrogens is 6. The molecular weight excluding hydrogens is 442 g/mol. The lowest BCUT2D eigenvalue weighted by Gasteiger charge is -2.13. The topological polar surface area (TPSA) is 79.8 Å². The zero-order valence-electron chi connectivity index (χ0n) is 18.2. The van der Waals surface area contributed by atoms with Gasteiger partial charge in [0.15, 0.2) is 17.3 Å². The lowest BCUT2D eigenvalue weighted by Crippen LogP contribution is -2.18. The molecule has 0 saturated carbocycles. The smallest absolute Gasteiger partial charge is 0.251 e. The van der Waals surface area contributed by atoms with Crippen LogP contribution in [0.1, 0.15) is 5.56 Å². The van der Waals surface area contributed by atoms with Gasteiger partial charge in [0.2, 0.25) is 0 Å². The van der Waals surface area contributed by atoms with Crippen LogP contribution in [0.5, 0.6) is 5.75 Å². The van der Waals surface area contributed by atoms with Gasteiger partial charge >= 0.3 is 0 Å². The molecule has 3 heterocycles. The second-order valence-corrected chi connectivity index (χ2v) is 7.49. The fraction of sp³-hybridized carbons (Fsp3) is 0.0833. The van der Waals surface area contributed by atoms with Crippen molar-refractivity contribution in [1.82, 2.24) is 29.3 Å². The number of methoxy groups -OCH3 is 1. The molecule has 0 bridgehead atoms.